The molecule has 0 aromatic heterocycles. The van der Waals surface area contributed by atoms with Gasteiger partial charge in [-0.25, -0.2) is 0 Å². The minimum atomic E-state index is -0.297. The van der Waals surface area contributed by atoms with Gasteiger partial charge in [-0.2, -0.15) is 0 Å². The van der Waals surface area contributed by atoms with E-state index >= 15 is 0 Å². The first-order valence-corrected chi connectivity index (χ1v) is 4.37. The molecule has 0 bridgehead atoms. The molecule has 0 aromatic carbocycles. The van der Waals surface area contributed by atoms with Crippen molar-refractivity contribution >= 4 is 5.97 Å². The molecule has 3 heteroatoms. The number of allylic oxidation sites excluding steroid dienone is 3. The lowest BCUT2D eigenvalue weighted by atomic mass is 10.0. The van der Waals surface area contributed by atoms with Crippen LogP contribution >= 0.6 is 0 Å². The lowest BCUT2D eigenvalue weighted by Gasteiger charge is -2.01. The van der Waals surface area contributed by atoms with E-state index in [0.717, 1.165) is 0 Å². The van der Waals surface area contributed by atoms with Crippen molar-refractivity contribution in [3.05, 3.63) is 24.8 Å². The van der Waals surface area contributed by atoms with Crippen molar-refractivity contribution in [2.24, 2.45) is 5.92 Å². The van der Waals surface area contributed by atoms with Gasteiger partial charge in [-0.05, 0) is 6.42 Å². The van der Waals surface area contributed by atoms with Crippen molar-refractivity contribution in [2.45, 2.75) is 18.9 Å². The Kier molecular flexibility index (Phi) is 3.71. The smallest absolute Gasteiger partial charge is 0.309 e. The summed E-state index contributed by atoms with van der Waals surface area (Å²) in [7, 11) is 0. The highest BCUT2D eigenvalue weighted by molar-refractivity contribution is 5.74. The normalized spacial score (nSPS) is 27.9. The zero-order valence-electron chi connectivity index (χ0n) is 7.48. The van der Waals surface area contributed by atoms with Crippen molar-refractivity contribution in [3.8, 4) is 0 Å². The Morgan fingerprint density at radius 1 is 1.69 bits per heavy atom. The third-order valence-electron chi connectivity index (χ3n) is 2.06. The van der Waals surface area contributed by atoms with Gasteiger partial charge in [0.1, 0.15) is 6.10 Å². The van der Waals surface area contributed by atoms with Gasteiger partial charge in [0.2, 0.25) is 0 Å². The third-order valence-corrected chi connectivity index (χ3v) is 2.06. The quantitative estimate of drug-likeness (QED) is 0.522. The Morgan fingerprint density at radius 3 is 3.00 bits per heavy atom. The summed E-state index contributed by atoms with van der Waals surface area (Å²) >= 11 is 0. The number of aliphatic hydroxyl groups excluding tert-OH is 1. The molecule has 1 N–H and O–H groups in total. The van der Waals surface area contributed by atoms with Crippen LogP contribution in [0.15, 0.2) is 24.8 Å². The summed E-state index contributed by atoms with van der Waals surface area (Å²) in [5, 5.41) is 8.76. The minimum Gasteiger partial charge on any atom is -0.460 e. The molecule has 0 amide bonds. The highest BCUT2D eigenvalue weighted by Crippen LogP contribution is 2.23. The molecule has 2 atom stereocenters. The van der Waals surface area contributed by atoms with Crippen LogP contribution in [0.25, 0.3) is 0 Å². The first-order chi connectivity index (χ1) is 6.27. The molecule has 0 radical (unpaired) electrons. The van der Waals surface area contributed by atoms with E-state index in [-0.39, 0.29) is 24.6 Å². The number of ether oxygens (including phenoxy) is 1. The monoisotopic (exact) mass is 182 g/mol. The molecule has 1 aliphatic heterocycles. The fourth-order valence-corrected chi connectivity index (χ4v) is 1.37. The van der Waals surface area contributed by atoms with Crippen LogP contribution in [0.2, 0.25) is 0 Å². The molecule has 0 aliphatic carbocycles. The van der Waals surface area contributed by atoms with Crippen LogP contribution in [0, 0.1) is 5.92 Å². The maximum absolute atomic E-state index is 11.1. The van der Waals surface area contributed by atoms with Crippen LogP contribution in [0.4, 0.5) is 0 Å². The largest absolute Gasteiger partial charge is 0.460 e. The van der Waals surface area contributed by atoms with Gasteiger partial charge in [-0.1, -0.05) is 24.8 Å². The molecule has 1 heterocycles. The van der Waals surface area contributed by atoms with Crippen molar-refractivity contribution in [2.75, 3.05) is 6.61 Å². The zero-order valence-corrected chi connectivity index (χ0v) is 7.48. The van der Waals surface area contributed by atoms with E-state index in [2.05, 4.69) is 6.58 Å². The Bertz CT molecular complexity index is 220. The Hall–Kier alpha value is -1.09. The van der Waals surface area contributed by atoms with E-state index in [9.17, 15) is 4.79 Å². The maximum atomic E-state index is 11.1. The fourth-order valence-electron chi connectivity index (χ4n) is 1.37. The standard InChI is InChI=1S/C10H14O3/c1-2-3-4-5-8-6-9(7-11)13-10(8)12/h2-4,8-9,11H,1,5-7H2/b4-3+/t8-,9-/m0/s1. The predicted molar refractivity (Wildman–Crippen MR) is 49.0 cm³/mol. The number of rotatable bonds is 4. The van der Waals surface area contributed by atoms with E-state index in [1.165, 1.54) is 0 Å². The van der Waals surface area contributed by atoms with Gasteiger partial charge in [-0.3, -0.25) is 4.79 Å². The summed E-state index contributed by atoms with van der Waals surface area (Å²) in [5.41, 5.74) is 0. The maximum Gasteiger partial charge on any atom is 0.309 e. The van der Waals surface area contributed by atoms with Crippen LogP contribution < -0.4 is 0 Å². The summed E-state index contributed by atoms with van der Waals surface area (Å²) in [4.78, 5) is 11.1. The van der Waals surface area contributed by atoms with Gasteiger partial charge in [-0.15, -0.1) is 0 Å². The van der Waals surface area contributed by atoms with Crippen LogP contribution in [-0.2, 0) is 9.53 Å². The van der Waals surface area contributed by atoms with E-state index < -0.39 is 0 Å². The molecule has 1 fully saturated rings. The second-order valence-corrected chi connectivity index (χ2v) is 3.07. The molecule has 1 saturated heterocycles. The minimum absolute atomic E-state index is 0.0760. The number of carbonyl (C=O) groups is 1. The van der Waals surface area contributed by atoms with Gasteiger partial charge in [0.15, 0.2) is 0 Å². The van der Waals surface area contributed by atoms with Crippen molar-refractivity contribution in [1.82, 2.24) is 0 Å². The second-order valence-electron chi connectivity index (χ2n) is 3.07. The SMILES string of the molecule is C=C/C=C/C[C@H]1C[C@@H](CO)OC1=O. The molecule has 0 saturated carbocycles. The average Bonchev–Trinajstić information content (AvgIpc) is 2.48. The summed E-state index contributed by atoms with van der Waals surface area (Å²) in [6, 6.07) is 0. The number of hydrogen-bond acceptors (Lipinski definition) is 3. The highest BCUT2D eigenvalue weighted by Gasteiger charge is 2.32. The Labute approximate surface area is 77.7 Å². The van der Waals surface area contributed by atoms with E-state index in [1.807, 2.05) is 6.08 Å². The van der Waals surface area contributed by atoms with Crippen molar-refractivity contribution in [1.29, 1.82) is 0 Å². The van der Waals surface area contributed by atoms with Gasteiger partial charge in [0.25, 0.3) is 0 Å². The van der Waals surface area contributed by atoms with Gasteiger partial charge in [0, 0.05) is 6.42 Å². The Balaban J connectivity index is 2.39. The number of carbonyl (C=O) groups excluding carboxylic acids is 1. The molecule has 3 nitrogen and oxygen atoms in total. The number of hydrogen-bond donors (Lipinski definition) is 1. The van der Waals surface area contributed by atoms with Crippen LogP contribution in [0.1, 0.15) is 12.8 Å². The topological polar surface area (TPSA) is 46.5 Å². The fraction of sp³-hybridized carbons (Fsp3) is 0.500. The molecule has 1 rings (SSSR count). The number of aliphatic hydroxyl groups is 1. The lowest BCUT2D eigenvalue weighted by molar-refractivity contribution is -0.145. The third kappa shape index (κ3) is 2.70. The lowest BCUT2D eigenvalue weighted by Crippen LogP contribution is -2.10. The molecule has 0 unspecified atom stereocenters. The first-order valence-electron chi connectivity index (χ1n) is 4.37. The van der Waals surface area contributed by atoms with Crippen LogP contribution in [-0.4, -0.2) is 23.8 Å². The van der Waals surface area contributed by atoms with E-state index in [4.69, 9.17) is 9.84 Å². The summed E-state index contributed by atoms with van der Waals surface area (Å²) < 4.78 is 4.91. The highest BCUT2D eigenvalue weighted by atomic mass is 16.6. The van der Waals surface area contributed by atoms with Gasteiger partial charge < -0.3 is 9.84 Å². The van der Waals surface area contributed by atoms with E-state index in [0.29, 0.717) is 12.8 Å². The molecule has 1 aliphatic rings. The number of cyclic esters (lactones) is 1. The van der Waals surface area contributed by atoms with Crippen molar-refractivity contribution < 1.29 is 14.6 Å². The molecule has 0 aromatic rings. The summed E-state index contributed by atoms with van der Waals surface area (Å²) in [6.45, 7) is 3.46. The van der Waals surface area contributed by atoms with Gasteiger partial charge >= 0.3 is 5.97 Å². The zero-order chi connectivity index (χ0) is 9.68. The van der Waals surface area contributed by atoms with E-state index in [1.54, 1.807) is 12.2 Å². The second kappa shape index (κ2) is 4.82. The first kappa shape index (κ1) is 9.99. The van der Waals surface area contributed by atoms with Crippen molar-refractivity contribution in [3.63, 3.8) is 0 Å². The Morgan fingerprint density at radius 2 is 2.46 bits per heavy atom. The average molecular weight is 182 g/mol. The van der Waals surface area contributed by atoms with Crippen LogP contribution in [0.5, 0.6) is 0 Å². The molecular weight excluding hydrogens is 168 g/mol. The molecule has 13 heavy (non-hydrogen) atoms. The molecule has 72 valence electrons. The predicted octanol–water partition coefficient (Wildman–Crippen LogP) is 1.04. The molecule has 0 spiro atoms. The van der Waals surface area contributed by atoms with Gasteiger partial charge in [0.05, 0.1) is 12.5 Å². The van der Waals surface area contributed by atoms with Crippen LogP contribution in [0.3, 0.4) is 0 Å². The number of esters is 1. The molecular formula is C10H14O3. The summed E-state index contributed by atoms with van der Waals surface area (Å²) in [6.07, 6.45) is 6.36. The summed E-state index contributed by atoms with van der Waals surface area (Å²) in [5.74, 6) is -0.291.